The summed E-state index contributed by atoms with van der Waals surface area (Å²) in [7, 11) is 0. The molecular weight excluding hydrogens is 350 g/mol. The molecule has 0 bridgehead atoms. The Morgan fingerprint density at radius 1 is 0.960 bits per heavy atom. The molecule has 0 unspecified atom stereocenters. The van der Waals surface area contributed by atoms with Gasteiger partial charge in [0.2, 0.25) is 5.95 Å². The predicted molar refractivity (Wildman–Crippen MR) is 91.1 cm³/mol. The molecule has 0 atom stereocenters. The SMILES string of the molecule is O=C(Nc1ccc(Cl)cc1)c1ccnc(Nc2ccc(F)c(F)c2)n1. The first kappa shape index (κ1) is 16.8. The van der Waals surface area contributed by atoms with Crippen LogP contribution in [-0.2, 0) is 0 Å². The summed E-state index contributed by atoms with van der Waals surface area (Å²) in [6.07, 6.45) is 1.38. The highest BCUT2D eigenvalue weighted by atomic mass is 35.5. The lowest BCUT2D eigenvalue weighted by Crippen LogP contribution is -2.14. The molecule has 1 heterocycles. The zero-order valence-corrected chi connectivity index (χ0v) is 13.4. The van der Waals surface area contributed by atoms with Crippen LogP contribution in [0, 0.1) is 11.6 Å². The summed E-state index contributed by atoms with van der Waals surface area (Å²) < 4.78 is 26.2. The highest BCUT2D eigenvalue weighted by Gasteiger charge is 2.10. The highest BCUT2D eigenvalue weighted by molar-refractivity contribution is 6.30. The minimum absolute atomic E-state index is 0.0785. The van der Waals surface area contributed by atoms with E-state index in [0.717, 1.165) is 12.1 Å². The molecule has 0 aliphatic heterocycles. The molecule has 0 radical (unpaired) electrons. The van der Waals surface area contributed by atoms with Crippen LogP contribution in [-0.4, -0.2) is 15.9 Å². The Labute approximate surface area is 146 Å². The highest BCUT2D eigenvalue weighted by Crippen LogP contribution is 2.17. The lowest BCUT2D eigenvalue weighted by molar-refractivity contribution is 0.102. The van der Waals surface area contributed by atoms with E-state index >= 15 is 0 Å². The molecule has 0 saturated heterocycles. The van der Waals surface area contributed by atoms with Gasteiger partial charge in [-0.15, -0.1) is 0 Å². The first-order valence-electron chi connectivity index (χ1n) is 7.13. The summed E-state index contributed by atoms with van der Waals surface area (Å²) in [5.74, 6) is -2.32. The summed E-state index contributed by atoms with van der Waals surface area (Å²) in [5.41, 5.74) is 0.923. The molecule has 5 nitrogen and oxygen atoms in total. The van der Waals surface area contributed by atoms with Crippen molar-refractivity contribution in [2.24, 2.45) is 0 Å². The number of carbonyl (C=O) groups excluding carboxylic acids is 1. The zero-order valence-electron chi connectivity index (χ0n) is 12.6. The van der Waals surface area contributed by atoms with E-state index in [1.807, 2.05) is 0 Å². The van der Waals surface area contributed by atoms with Crippen molar-refractivity contribution >= 4 is 34.8 Å². The number of nitrogens with zero attached hydrogens (tertiary/aromatic N) is 2. The van der Waals surface area contributed by atoms with Crippen molar-refractivity contribution in [1.82, 2.24) is 9.97 Å². The van der Waals surface area contributed by atoms with E-state index in [1.165, 1.54) is 18.3 Å². The Morgan fingerprint density at radius 3 is 2.40 bits per heavy atom. The molecular formula is C17H11ClF2N4O. The van der Waals surface area contributed by atoms with E-state index in [-0.39, 0.29) is 17.3 Å². The molecule has 0 spiro atoms. The van der Waals surface area contributed by atoms with Crippen molar-refractivity contribution in [2.45, 2.75) is 0 Å². The minimum atomic E-state index is -0.998. The number of aromatic nitrogens is 2. The van der Waals surface area contributed by atoms with Gasteiger partial charge in [0, 0.05) is 28.7 Å². The van der Waals surface area contributed by atoms with E-state index < -0.39 is 17.5 Å². The number of nitrogens with one attached hydrogen (secondary N) is 2. The second-order valence-electron chi connectivity index (χ2n) is 4.98. The number of amides is 1. The average Bonchev–Trinajstić information content (AvgIpc) is 2.60. The fourth-order valence-electron chi connectivity index (χ4n) is 1.98. The second kappa shape index (κ2) is 7.23. The third-order valence-corrected chi connectivity index (χ3v) is 3.42. The molecule has 0 fully saturated rings. The van der Waals surface area contributed by atoms with Gasteiger partial charge in [-0.05, 0) is 42.5 Å². The van der Waals surface area contributed by atoms with Crippen LogP contribution in [0.25, 0.3) is 0 Å². The Bertz CT molecular complexity index is 919. The van der Waals surface area contributed by atoms with Gasteiger partial charge in [0.05, 0.1) is 0 Å². The van der Waals surface area contributed by atoms with Crippen molar-refractivity contribution in [2.75, 3.05) is 10.6 Å². The Kier molecular flexibility index (Phi) is 4.85. The number of anilines is 3. The van der Waals surface area contributed by atoms with Crippen molar-refractivity contribution < 1.29 is 13.6 Å². The summed E-state index contributed by atoms with van der Waals surface area (Å²) >= 11 is 5.79. The van der Waals surface area contributed by atoms with Crippen molar-refractivity contribution in [1.29, 1.82) is 0 Å². The number of rotatable bonds is 4. The lowest BCUT2D eigenvalue weighted by Gasteiger charge is -2.08. The lowest BCUT2D eigenvalue weighted by atomic mass is 10.3. The molecule has 126 valence electrons. The van der Waals surface area contributed by atoms with Gasteiger partial charge in [-0.3, -0.25) is 4.79 Å². The van der Waals surface area contributed by atoms with Crippen LogP contribution in [0.2, 0.25) is 5.02 Å². The van der Waals surface area contributed by atoms with E-state index in [1.54, 1.807) is 24.3 Å². The van der Waals surface area contributed by atoms with Gasteiger partial charge in [-0.2, -0.15) is 0 Å². The third-order valence-electron chi connectivity index (χ3n) is 3.17. The summed E-state index contributed by atoms with van der Waals surface area (Å²) in [5, 5.41) is 5.93. The van der Waals surface area contributed by atoms with Gasteiger partial charge < -0.3 is 10.6 Å². The van der Waals surface area contributed by atoms with Gasteiger partial charge in [-0.1, -0.05) is 11.6 Å². The number of halogens is 3. The van der Waals surface area contributed by atoms with E-state index in [9.17, 15) is 13.6 Å². The van der Waals surface area contributed by atoms with Gasteiger partial charge in [0.15, 0.2) is 11.6 Å². The maximum absolute atomic E-state index is 13.2. The van der Waals surface area contributed by atoms with Crippen LogP contribution in [0.1, 0.15) is 10.5 Å². The smallest absolute Gasteiger partial charge is 0.274 e. The first-order valence-corrected chi connectivity index (χ1v) is 7.51. The molecule has 0 saturated carbocycles. The van der Waals surface area contributed by atoms with Crippen LogP contribution in [0.4, 0.5) is 26.1 Å². The van der Waals surface area contributed by atoms with Crippen LogP contribution >= 0.6 is 11.6 Å². The Morgan fingerprint density at radius 2 is 1.68 bits per heavy atom. The monoisotopic (exact) mass is 360 g/mol. The number of carbonyl (C=O) groups is 1. The number of hydrogen-bond donors (Lipinski definition) is 2. The second-order valence-corrected chi connectivity index (χ2v) is 5.42. The topological polar surface area (TPSA) is 66.9 Å². The van der Waals surface area contributed by atoms with Crippen LogP contribution < -0.4 is 10.6 Å². The molecule has 2 aromatic carbocycles. The Hall–Kier alpha value is -3.06. The first-order chi connectivity index (χ1) is 12.0. The molecule has 1 amide bonds. The van der Waals surface area contributed by atoms with Gasteiger partial charge >= 0.3 is 0 Å². The van der Waals surface area contributed by atoms with Gasteiger partial charge in [-0.25, -0.2) is 18.7 Å². The fourth-order valence-corrected chi connectivity index (χ4v) is 2.10. The zero-order chi connectivity index (χ0) is 17.8. The van der Waals surface area contributed by atoms with E-state index in [4.69, 9.17) is 11.6 Å². The van der Waals surface area contributed by atoms with Crippen molar-refractivity contribution in [3.8, 4) is 0 Å². The molecule has 0 aliphatic rings. The molecule has 3 rings (SSSR count). The molecule has 1 aromatic heterocycles. The fraction of sp³-hybridized carbons (Fsp3) is 0. The molecule has 8 heteroatoms. The third kappa shape index (κ3) is 4.27. The van der Waals surface area contributed by atoms with Gasteiger partial charge in [0.25, 0.3) is 5.91 Å². The minimum Gasteiger partial charge on any atom is -0.324 e. The van der Waals surface area contributed by atoms with Crippen molar-refractivity contribution in [3.63, 3.8) is 0 Å². The maximum Gasteiger partial charge on any atom is 0.274 e. The summed E-state index contributed by atoms with van der Waals surface area (Å²) in [6, 6.07) is 11.3. The van der Waals surface area contributed by atoms with Crippen LogP contribution in [0.3, 0.4) is 0 Å². The van der Waals surface area contributed by atoms with E-state index in [2.05, 4.69) is 20.6 Å². The van der Waals surface area contributed by atoms with Crippen molar-refractivity contribution in [3.05, 3.63) is 77.1 Å². The molecule has 0 aliphatic carbocycles. The molecule has 3 aromatic rings. The summed E-state index contributed by atoms with van der Waals surface area (Å²) in [6.45, 7) is 0. The van der Waals surface area contributed by atoms with E-state index in [0.29, 0.717) is 10.7 Å². The Balaban J connectivity index is 1.75. The molecule has 2 N–H and O–H groups in total. The van der Waals surface area contributed by atoms with Crippen LogP contribution in [0.15, 0.2) is 54.7 Å². The number of hydrogen-bond acceptors (Lipinski definition) is 4. The normalized spacial score (nSPS) is 10.4. The number of benzene rings is 2. The predicted octanol–water partition coefficient (Wildman–Crippen LogP) is 4.40. The molecule has 25 heavy (non-hydrogen) atoms. The largest absolute Gasteiger partial charge is 0.324 e. The maximum atomic E-state index is 13.2. The summed E-state index contributed by atoms with van der Waals surface area (Å²) in [4.78, 5) is 20.2. The standard InChI is InChI=1S/C17H11ClF2N4O/c18-10-1-3-11(4-2-10)22-16(25)15-7-8-21-17(24-15)23-12-5-6-13(19)14(20)9-12/h1-9H,(H,22,25)(H,21,23,24). The van der Waals surface area contributed by atoms with Gasteiger partial charge in [0.1, 0.15) is 5.69 Å². The quantitative estimate of drug-likeness (QED) is 0.723. The van der Waals surface area contributed by atoms with Crippen LogP contribution in [0.5, 0.6) is 0 Å². The average molecular weight is 361 g/mol.